The number of nitrogens with zero attached hydrogens (tertiary/aromatic N) is 11. The van der Waals surface area contributed by atoms with Gasteiger partial charge in [0.05, 0.1) is 46.7 Å². The molecular formula is C78H157Cl2IN21O18S2V-. The number of ether oxygens (including phenoxy) is 2. The Morgan fingerprint density at radius 3 is 1.17 bits per heavy atom. The second-order valence-corrected chi connectivity index (χ2v) is 30.2. The van der Waals surface area contributed by atoms with Crippen LogP contribution in [0.2, 0.25) is 5.28 Å². The van der Waals surface area contributed by atoms with E-state index in [0.717, 1.165) is 107 Å². The summed E-state index contributed by atoms with van der Waals surface area (Å²) in [4.78, 5) is 90.6. The van der Waals surface area contributed by atoms with E-state index in [-0.39, 0.29) is 71.7 Å². The van der Waals surface area contributed by atoms with Crippen LogP contribution in [0.25, 0.3) is 0 Å². The molecule has 2 aromatic carbocycles. The monoisotopic (exact) mass is 1990 g/mol. The van der Waals surface area contributed by atoms with Crippen molar-refractivity contribution >= 4 is 127 Å². The summed E-state index contributed by atoms with van der Waals surface area (Å²) in [5.41, 5.74) is 6.91. The zero-order valence-electron chi connectivity index (χ0n) is 74.8. The molecule has 45 heteroatoms. The number of aromatic amines is 1. The van der Waals surface area contributed by atoms with Gasteiger partial charge in [-0.25, -0.2) is 44.3 Å². The summed E-state index contributed by atoms with van der Waals surface area (Å²) >= 11 is 7.99. The summed E-state index contributed by atoms with van der Waals surface area (Å²) in [5, 5.41) is 23.5. The largest absolute Gasteiger partial charge is 0.726 e. The van der Waals surface area contributed by atoms with Crippen LogP contribution in [-0.4, -0.2) is 199 Å². The van der Waals surface area contributed by atoms with Gasteiger partial charge < -0.3 is 78.2 Å². The van der Waals surface area contributed by atoms with Crippen molar-refractivity contribution in [2.24, 2.45) is 41.4 Å². The van der Waals surface area contributed by atoms with Gasteiger partial charge in [-0.05, 0) is 96.8 Å². The van der Waals surface area contributed by atoms with Crippen molar-refractivity contribution in [2.75, 3.05) is 149 Å². The first-order chi connectivity index (χ1) is 55.6. The minimum atomic E-state index is -4.92. The van der Waals surface area contributed by atoms with E-state index >= 15 is 0 Å². The third kappa shape index (κ3) is 101. The first-order valence-corrected chi connectivity index (χ1v) is 43.8. The SMILES string of the molecule is C.C.C.CC(C)CON.CC(C)CON(C)C(=O)OCc1ccccc1.CC(C)CONC(=O)OCc1ccccc1.CCCNc1nc(Cl)nc(NCCC)n1.CCCNc1nc(NCCC)[nH+]c(N(C)OCC(C)C)n1.CCCNc1nc(NCCC)nc(N(C)OCC(C)C)n1.CCNOCC(C)C.CC[CH-]I.Cl.O=S(=O)(O)O.O=S(=O)([O-])O.[V]. The maximum absolute atomic E-state index is 11.5. The van der Waals surface area contributed by atoms with Crippen LogP contribution in [0.1, 0.15) is 217 Å². The minimum absolute atomic E-state index is 0. The summed E-state index contributed by atoms with van der Waals surface area (Å²) in [6, 6.07) is 19.0. The Kier molecular flexibility index (Phi) is 101. The Morgan fingerprint density at radius 1 is 0.512 bits per heavy atom. The predicted molar refractivity (Wildman–Crippen MR) is 502 cm³/mol. The normalized spacial score (nSPS) is 10.0. The number of hydrogen-bond acceptors (Lipinski definition) is 33. The van der Waals surface area contributed by atoms with Gasteiger partial charge in [-0.15, -0.1) is 12.4 Å². The summed E-state index contributed by atoms with van der Waals surface area (Å²) < 4.78 is 76.5. The van der Waals surface area contributed by atoms with Gasteiger partial charge in [0.25, 0.3) is 5.95 Å². The molecule has 1 radical (unpaired) electrons. The van der Waals surface area contributed by atoms with E-state index < -0.39 is 33.0 Å². The van der Waals surface area contributed by atoms with Crippen LogP contribution >= 0.6 is 46.6 Å². The summed E-state index contributed by atoms with van der Waals surface area (Å²) in [6.07, 6.45) is 6.25. The van der Waals surface area contributed by atoms with Crippen LogP contribution in [-0.2, 0) is 91.1 Å². The fraction of sp³-hybridized carbons (Fsp3) is 0.692. The Labute approximate surface area is 774 Å². The molecule has 0 spiro atoms. The number of amides is 2. The Morgan fingerprint density at radius 2 is 0.837 bits per heavy atom. The van der Waals surface area contributed by atoms with E-state index in [1.54, 1.807) is 17.2 Å². The Balaban J connectivity index is -0.000000149. The molecule has 0 aliphatic carbocycles. The number of halogens is 3. The molecule has 3 aromatic heterocycles. The molecule has 0 bridgehead atoms. The zero-order chi connectivity index (χ0) is 90.7. The van der Waals surface area contributed by atoms with Gasteiger partial charge in [0, 0.05) is 78.5 Å². The van der Waals surface area contributed by atoms with E-state index in [1.807, 2.05) is 123 Å². The maximum Gasteiger partial charge on any atom is 0.433 e. The number of nitrogens with one attached hydrogen (secondary N) is 9. The molecule has 39 nitrogen and oxygen atoms in total. The van der Waals surface area contributed by atoms with E-state index in [9.17, 15) is 9.59 Å². The summed E-state index contributed by atoms with van der Waals surface area (Å²) in [5.74, 6) is 12.2. The maximum atomic E-state index is 11.5. The van der Waals surface area contributed by atoms with Crippen LogP contribution in [0.15, 0.2) is 60.7 Å². The van der Waals surface area contributed by atoms with Crippen LogP contribution in [0.3, 0.4) is 0 Å². The molecule has 0 fully saturated rings. The molecule has 2 amide bonds. The average Bonchev–Trinajstić information content (AvgIpc) is 0.858. The van der Waals surface area contributed by atoms with Crippen LogP contribution in [0, 0.1) is 39.9 Å². The number of carbonyl (C=O) groups excluding carboxylic acids is 2. The fourth-order valence-corrected chi connectivity index (χ4v) is 6.77. The molecule has 0 saturated carbocycles. The van der Waals surface area contributed by atoms with Crippen molar-refractivity contribution in [3.63, 3.8) is 0 Å². The molecule has 721 valence electrons. The molecule has 0 atom stereocenters. The molecule has 5 rings (SSSR count). The third-order valence-corrected chi connectivity index (χ3v) is 13.0. The topological polar surface area (TPSA) is 509 Å². The van der Waals surface area contributed by atoms with Crippen LogP contribution < -0.4 is 63.9 Å². The molecule has 0 saturated heterocycles. The number of nitrogens with two attached hydrogens (primary N) is 1. The van der Waals surface area contributed by atoms with Gasteiger partial charge in [-0.3, -0.25) is 32.6 Å². The van der Waals surface area contributed by atoms with Crippen molar-refractivity contribution in [1.29, 1.82) is 0 Å². The average molecular weight is 1990 g/mol. The smallest absolute Gasteiger partial charge is 0.433 e. The van der Waals surface area contributed by atoms with Crippen molar-refractivity contribution in [3.8, 4) is 0 Å². The minimum Gasteiger partial charge on any atom is -0.726 e. The molecule has 14 N–H and O–H groups in total. The second kappa shape index (κ2) is 90.5. The molecule has 5 aromatic rings. The first kappa shape index (κ1) is 137. The molecule has 0 unspecified atom stereocenters. The van der Waals surface area contributed by atoms with E-state index in [1.165, 1.54) is 6.42 Å². The molecule has 0 aliphatic heterocycles. The second-order valence-electron chi connectivity index (χ2n) is 27.3. The van der Waals surface area contributed by atoms with Crippen molar-refractivity contribution in [3.05, 3.63) is 81.5 Å². The number of rotatable bonds is 43. The molecule has 3 heterocycles. The van der Waals surface area contributed by atoms with E-state index in [2.05, 4.69) is 210 Å². The van der Waals surface area contributed by atoms with E-state index in [4.69, 9.17) is 86.2 Å². The van der Waals surface area contributed by atoms with Gasteiger partial charge in [0.2, 0.25) is 39.5 Å². The molecular weight excluding hydrogens is 1830 g/mol. The van der Waals surface area contributed by atoms with Crippen LogP contribution in [0.4, 0.5) is 57.2 Å². The predicted octanol–water partition coefficient (Wildman–Crippen LogP) is 16.4. The van der Waals surface area contributed by atoms with Gasteiger partial charge >= 0.3 is 40.4 Å². The van der Waals surface area contributed by atoms with Crippen molar-refractivity contribution < 1.29 is 107 Å². The molecule has 123 heavy (non-hydrogen) atoms. The number of benzene rings is 2. The number of hydroxylamine groups is 6. The van der Waals surface area contributed by atoms with Gasteiger partial charge in [0.15, 0.2) is 0 Å². The van der Waals surface area contributed by atoms with Crippen LogP contribution in [0.5, 0.6) is 0 Å². The van der Waals surface area contributed by atoms with E-state index in [0.29, 0.717) is 116 Å². The summed E-state index contributed by atoms with van der Waals surface area (Å²) in [7, 11) is -4.38. The fourth-order valence-electron chi connectivity index (χ4n) is 6.61. The molecule has 0 aliphatic rings. The number of hydrogen-bond donors (Lipinski definition) is 12. The Bertz CT molecular complexity index is 3220. The van der Waals surface area contributed by atoms with Gasteiger partial charge in [-0.2, -0.15) is 60.3 Å². The van der Waals surface area contributed by atoms with Gasteiger partial charge in [0.1, 0.15) is 13.2 Å². The summed E-state index contributed by atoms with van der Waals surface area (Å²) in [6.45, 7) is 51.6. The van der Waals surface area contributed by atoms with Crippen molar-refractivity contribution in [1.82, 2.24) is 55.9 Å². The third-order valence-electron chi connectivity index (χ3n) is 12.0. The number of aromatic nitrogens is 9. The zero-order valence-corrected chi connectivity index (χ0v) is 81.5. The number of anilines is 8. The number of carbonyl (C=O) groups is 2. The quantitative estimate of drug-likeness (QED) is 0.00431. The Hall–Kier alpha value is -6.28. The van der Waals surface area contributed by atoms with Crippen molar-refractivity contribution in [2.45, 2.75) is 219 Å². The first-order valence-electron chi connectivity index (χ1n) is 39.4. The number of H-pyrrole nitrogens is 1. The van der Waals surface area contributed by atoms with Gasteiger partial charge in [-0.1, -0.05) is 231 Å². The standard InChI is InChI=1S/2C14H28N6O.C13H19NO3.C12H17NO3.C9H16ClN5.C6H15NO.C4H11NO.C3H6I.3CH4.ClH.2H2O4S.V/c2*1-6-8-15-12-17-13(16-9-7-2)19-14(18-12)20(5)21-10-11(3)4;1-11(2)9-17-14(3)13(15)16-10-12-7-5-4-6-8-12;1-10(2)8-16-13-12(14)15-9-11-6-4-3-5-7-11;1-3-5-11-8-13-7(10)14-9(15-8)12-6-4-2;1-4-7-8-5-6(2)3;1-4(2)3-6-5;1-2-3-4;;;;;2*1-5(2,3)4;/h2*11H,6-10H2,1-5H3,(H2,15,16,17,18,19);4-8,11H,9-10H2,1-3H3;3-7,10H,8-9H2,1-2H3,(H,13,14);3-6H2,1-2H3,(H2,11,12,13,14,15);6-7H,4-5H2,1-3H3;4H,3,5H2,1-2H3;3H,2H2,1H3;3*1H4;1H;2*(H2,1,2,3,4);/q;;;;;;;-1;;;;;;;.